The Morgan fingerprint density at radius 3 is 2.28 bits per heavy atom. The fraction of sp³-hybridized carbons (Fsp3) is 0.500. The summed E-state index contributed by atoms with van der Waals surface area (Å²) in [5.74, 6) is 1.34. The molecule has 0 bridgehead atoms. The Balaban J connectivity index is 1.31. The minimum atomic E-state index is -0.357. The van der Waals surface area contributed by atoms with Crippen molar-refractivity contribution >= 4 is 55.4 Å². The number of likely N-dealkylation sites (tertiary alicyclic amines) is 2. The molecule has 36 heavy (non-hydrogen) atoms. The van der Waals surface area contributed by atoms with Gasteiger partial charge in [-0.1, -0.05) is 49.5 Å². The monoisotopic (exact) mass is 635 g/mol. The number of nitrogens with zero attached hydrogens (tertiary/aromatic N) is 2. The van der Waals surface area contributed by atoms with E-state index in [4.69, 9.17) is 17.3 Å². The molecule has 2 N–H and O–H groups in total. The van der Waals surface area contributed by atoms with Crippen LogP contribution in [-0.2, 0) is 17.6 Å². The topological polar surface area (TPSA) is 66.6 Å². The molecule has 2 aromatic rings. The van der Waals surface area contributed by atoms with Crippen molar-refractivity contribution in [3.05, 3.63) is 66.6 Å². The van der Waals surface area contributed by atoms with Gasteiger partial charge in [-0.25, -0.2) is 4.79 Å². The van der Waals surface area contributed by atoms with Gasteiger partial charge in [0.2, 0.25) is 5.91 Å². The lowest BCUT2D eigenvalue weighted by Crippen LogP contribution is -2.44. The van der Waals surface area contributed by atoms with Crippen molar-refractivity contribution in [2.75, 3.05) is 26.2 Å². The third-order valence-corrected chi connectivity index (χ3v) is 9.72. The number of primary amides is 1. The van der Waals surface area contributed by atoms with Gasteiger partial charge in [-0.2, -0.15) is 0 Å². The lowest BCUT2D eigenvalue weighted by Gasteiger charge is -2.38. The van der Waals surface area contributed by atoms with Crippen LogP contribution in [0.1, 0.15) is 60.3 Å². The Hall–Kier alpha value is -1.57. The predicted octanol–water partition coefficient (Wildman–Crippen LogP) is 6.51. The van der Waals surface area contributed by atoms with Crippen LogP contribution in [0.4, 0.5) is 4.79 Å². The second-order valence-corrected chi connectivity index (χ2v) is 12.7. The molecule has 1 aliphatic carbocycles. The van der Waals surface area contributed by atoms with E-state index in [1.54, 1.807) is 4.90 Å². The van der Waals surface area contributed by atoms with Crippen molar-refractivity contribution < 1.29 is 9.59 Å². The van der Waals surface area contributed by atoms with Gasteiger partial charge in [0.15, 0.2) is 0 Å². The van der Waals surface area contributed by atoms with E-state index >= 15 is 0 Å². The molecule has 0 aromatic heterocycles. The smallest absolute Gasteiger partial charge is 0.314 e. The van der Waals surface area contributed by atoms with Crippen LogP contribution in [0.2, 0.25) is 5.02 Å². The van der Waals surface area contributed by atoms with Crippen LogP contribution in [0, 0.1) is 11.8 Å². The van der Waals surface area contributed by atoms with Gasteiger partial charge < -0.3 is 15.5 Å². The van der Waals surface area contributed by atoms with E-state index in [-0.39, 0.29) is 17.9 Å². The normalized spacial score (nSPS) is 21.0. The van der Waals surface area contributed by atoms with Crippen LogP contribution in [0.5, 0.6) is 0 Å². The van der Waals surface area contributed by atoms with Gasteiger partial charge in [0.1, 0.15) is 0 Å². The van der Waals surface area contributed by atoms with Gasteiger partial charge in [0.05, 0.1) is 0 Å². The minimum Gasteiger partial charge on any atom is -0.351 e. The van der Waals surface area contributed by atoms with Crippen LogP contribution in [0.25, 0.3) is 0 Å². The van der Waals surface area contributed by atoms with Gasteiger partial charge in [-0.15, -0.1) is 0 Å². The molecule has 0 saturated carbocycles. The first kappa shape index (κ1) is 26.1. The first-order valence-corrected chi connectivity index (χ1v) is 14.8. The van der Waals surface area contributed by atoms with Crippen molar-refractivity contribution in [3.63, 3.8) is 0 Å². The Bertz CT molecular complexity index is 1160. The zero-order valence-electron chi connectivity index (χ0n) is 20.3. The van der Waals surface area contributed by atoms with E-state index in [1.807, 2.05) is 6.07 Å². The number of hydrogen-bond acceptors (Lipinski definition) is 2. The highest BCUT2D eigenvalue weighted by Crippen LogP contribution is 2.47. The molecule has 2 fully saturated rings. The predicted molar refractivity (Wildman–Crippen MR) is 150 cm³/mol. The van der Waals surface area contributed by atoms with E-state index < -0.39 is 0 Å². The molecular formula is C28H32Br2ClN3O2. The molecule has 8 heteroatoms. The van der Waals surface area contributed by atoms with Gasteiger partial charge >= 0.3 is 6.03 Å². The number of nitrogens with two attached hydrogens (primary N) is 1. The summed E-state index contributed by atoms with van der Waals surface area (Å²) in [7, 11) is 0. The van der Waals surface area contributed by atoms with E-state index in [9.17, 15) is 9.59 Å². The summed E-state index contributed by atoms with van der Waals surface area (Å²) in [5, 5.41) is 0.772. The maximum Gasteiger partial charge on any atom is 0.314 e. The molecule has 2 heterocycles. The van der Waals surface area contributed by atoms with Gasteiger partial charge in [0, 0.05) is 52.5 Å². The number of hydrogen-bond donors (Lipinski definition) is 1. The Labute approximate surface area is 235 Å². The van der Waals surface area contributed by atoms with E-state index in [2.05, 4.69) is 61.0 Å². The number of benzene rings is 2. The van der Waals surface area contributed by atoms with E-state index in [0.717, 1.165) is 65.6 Å². The maximum atomic E-state index is 13.1. The second-order valence-electron chi connectivity index (χ2n) is 10.5. The average molecular weight is 638 g/mol. The minimum absolute atomic E-state index is 0.254. The summed E-state index contributed by atoms with van der Waals surface area (Å²) in [6.07, 6.45) is 6.22. The number of rotatable bonds is 3. The van der Waals surface area contributed by atoms with Crippen molar-refractivity contribution in [1.29, 1.82) is 0 Å². The van der Waals surface area contributed by atoms with E-state index in [1.165, 1.54) is 22.3 Å². The summed E-state index contributed by atoms with van der Waals surface area (Å²) in [6, 6.07) is 10.5. The summed E-state index contributed by atoms with van der Waals surface area (Å²) in [6.45, 7) is 2.91. The summed E-state index contributed by atoms with van der Waals surface area (Å²) in [5.41, 5.74) is 10.9. The number of carbonyl (C=O) groups is 2. The molecule has 1 unspecified atom stereocenters. The third kappa shape index (κ3) is 5.48. The number of carbonyl (C=O) groups excluding carboxylic acids is 2. The second kappa shape index (κ2) is 11.0. The quantitative estimate of drug-likeness (QED) is 0.417. The Morgan fingerprint density at radius 2 is 1.58 bits per heavy atom. The molecule has 3 amide bonds. The van der Waals surface area contributed by atoms with Crippen LogP contribution < -0.4 is 5.73 Å². The summed E-state index contributed by atoms with van der Waals surface area (Å²) in [4.78, 5) is 28.3. The number of halogens is 3. The molecule has 0 radical (unpaired) electrons. The number of urea groups is 1. The van der Waals surface area contributed by atoms with Crippen molar-refractivity contribution in [1.82, 2.24) is 9.80 Å². The average Bonchev–Trinajstić information content (AvgIpc) is 3.01. The fourth-order valence-corrected chi connectivity index (χ4v) is 7.95. The van der Waals surface area contributed by atoms with Gasteiger partial charge in [-0.05, 0) is 96.9 Å². The zero-order chi connectivity index (χ0) is 25.4. The molecule has 2 aromatic carbocycles. The van der Waals surface area contributed by atoms with Crippen molar-refractivity contribution in [3.8, 4) is 0 Å². The summed E-state index contributed by atoms with van der Waals surface area (Å²) >= 11 is 14.0. The first-order valence-electron chi connectivity index (χ1n) is 12.9. The fourth-order valence-electron chi connectivity index (χ4n) is 6.42. The van der Waals surface area contributed by atoms with Crippen LogP contribution in [-0.4, -0.2) is 47.9 Å². The molecular weight excluding hydrogens is 606 g/mol. The van der Waals surface area contributed by atoms with Crippen molar-refractivity contribution in [2.24, 2.45) is 17.6 Å². The van der Waals surface area contributed by atoms with Crippen LogP contribution in [0.3, 0.4) is 0 Å². The van der Waals surface area contributed by atoms with Crippen molar-refractivity contribution in [2.45, 2.75) is 50.9 Å². The highest BCUT2D eigenvalue weighted by molar-refractivity contribution is 9.10. The maximum absolute atomic E-state index is 13.1. The summed E-state index contributed by atoms with van der Waals surface area (Å²) < 4.78 is 2.21. The highest BCUT2D eigenvalue weighted by atomic mass is 79.9. The van der Waals surface area contributed by atoms with Gasteiger partial charge in [-0.3, -0.25) is 4.79 Å². The highest BCUT2D eigenvalue weighted by Gasteiger charge is 2.36. The molecule has 2 aliphatic heterocycles. The van der Waals surface area contributed by atoms with Crippen LogP contribution in [0.15, 0.2) is 39.3 Å². The SMILES string of the molecule is NC(=O)N1CCC(CC(=O)N2CCC(C3c4ccc(Br)cc4CCc4cc(Cl)cc(Br)c43)CC2)CC1. The molecule has 0 spiro atoms. The molecule has 1 atom stereocenters. The number of fused-ring (bicyclic) bond motifs is 2. The zero-order valence-corrected chi connectivity index (χ0v) is 24.2. The first-order chi connectivity index (χ1) is 17.3. The molecule has 192 valence electrons. The Kier molecular flexibility index (Phi) is 7.99. The molecule has 3 aliphatic rings. The lowest BCUT2D eigenvalue weighted by molar-refractivity contribution is -0.134. The van der Waals surface area contributed by atoms with E-state index in [0.29, 0.717) is 31.3 Å². The molecule has 5 rings (SSSR count). The molecule has 2 saturated heterocycles. The van der Waals surface area contributed by atoms with Gasteiger partial charge in [0.25, 0.3) is 0 Å². The lowest BCUT2D eigenvalue weighted by atomic mass is 9.74. The molecule has 5 nitrogen and oxygen atoms in total. The largest absolute Gasteiger partial charge is 0.351 e. The van der Waals surface area contributed by atoms with Crippen LogP contribution >= 0.6 is 43.5 Å². The number of amides is 3. The third-order valence-electron chi connectivity index (χ3n) is 8.35. The number of piperidine rings is 2. The Morgan fingerprint density at radius 1 is 0.917 bits per heavy atom. The number of aryl methyl sites for hydroxylation is 2. The standard InChI is InChI=1S/C28H32Br2ClN3O2/c29-21-3-4-23-19(14-21)1-2-20-15-22(31)16-24(30)27(20)26(23)18-7-11-33(12-8-18)25(35)13-17-5-9-34(10-6-17)28(32)36/h3-4,14-18,26H,1-2,5-13H2,(H2,32,36).